The summed E-state index contributed by atoms with van der Waals surface area (Å²) in [5.41, 5.74) is 1.28. The highest BCUT2D eigenvalue weighted by Crippen LogP contribution is 2.78. The molecule has 5 heteroatoms. The van der Waals surface area contributed by atoms with E-state index in [1.165, 1.54) is 11.1 Å². The van der Waals surface area contributed by atoms with Crippen molar-refractivity contribution < 1.29 is 19.7 Å². The number of rotatable bonds is 1. The molecular formula is C24H29NO4. The fraction of sp³-hybridized carbons (Fsp3) is 0.667. The normalized spacial score (nSPS) is 50.8. The number of aliphatic hydroxyl groups excluding tert-OH is 1. The van der Waals surface area contributed by atoms with E-state index in [1.54, 1.807) is 13.2 Å². The third-order valence-corrected chi connectivity index (χ3v) is 10.1. The summed E-state index contributed by atoms with van der Waals surface area (Å²) in [5.74, 6) is 0.918. The van der Waals surface area contributed by atoms with Crippen LogP contribution >= 0.6 is 0 Å². The number of phenolic OH excluding ortho intramolecular Hbond substituents is 1. The molecule has 7 atom stereocenters. The Labute approximate surface area is 171 Å². The maximum absolute atomic E-state index is 11.3. The van der Waals surface area contributed by atoms with E-state index in [0.29, 0.717) is 11.8 Å². The van der Waals surface area contributed by atoms with Crippen LogP contribution in [0.15, 0.2) is 24.3 Å². The Morgan fingerprint density at radius 1 is 1.24 bits per heavy atom. The standard InChI is InChI=1S/C24H29NO4/c1-25-11-10-23-18-14-5-6-15(26)19(18)29-20(23)24(28-2)9-8-21(23,16(25)12-14)13-22(24)7-3-4-17(22)27/h5-6,8-9,16-17,20,26-27H,3-4,7,10-13H2,1-2H3/t16-,17+,20-,21-,22?,23+,24+/m1/s1. The summed E-state index contributed by atoms with van der Waals surface area (Å²) in [5, 5.41) is 22.1. The van der Waals surface area contributed by atoms with Crippen molar-refractivity contribution in [2.24, 2.45) is 10.8 Å². The minimum atomic E-state index is -0.662. The summed E-state index contributed by atoms with van der Waals surface area (Å²) in [6.07, 6.45) is 9.84. The molecule has 5 nitrogen and oxygen atoms in total. The van der Waals surface area contributed by atoms with Crippen molar-refractivity contribution in [3.63, 3.8) is 0 Å². The van der Waals surface area contributed by atoms with Gasteiger partial charge in [0.05, 0.1) is 11.5 Å². The minimum absolute atomic E-state index is 0.0949. The predicted molar refractivity (Wildman–Crippen MR) is 107 cm³/mol. The van der Waals surface area contributed by atoms with Gasteiger partial charge in [-0.2, -0.15) is 0 Å². The molecule has 2 saturated carbocycles. The topological polar surface area (TPSA) is 62.2 Å². The minimum Gasteiger partial charge on any atom is -0.504 e. The van der Waals surface area contributed by atoms with Crippen LogP contribution in [0.3, 0.4) is 0 Å². The fourth-order valence-corrected chi connectivity index (χ4v) is 9.04. The summed E-state index contributed by atoms with van der Waals surface area (Å²) < 4.78 is 13.2. The van der Waals surface area contributed by atoms with Crippen molar-refractivity contribution >= 4 is 0 Å². The van der Waals surface area contributed by atoms with E-state index in [0.717, 1.165) is 45.1 Å². The van der Waals surface area contributed by atoms with Crippen LogP contribution in [0.5, 0.6) is 11.5 Å². The van der Waals surface area contributed by atoms with Crippen LogP contribution in [-0.4, -0.2) is 59.7 Å². The van der Waals surface area contributed by atoms with E-state index in [4.69, 9.17) is 9.47 Å². The zero-order valence-corrected chi connectivity index (χ0v) is 17.1. The van der Waals surface area contributed by atoms with Gasteiger partial charge in [0.25, 0.3) is 0 Å². The largest absolute Gasteiger partial charge is 0.504 e. The third-order valence-electron chi connectivity index (χ3n) is 10.1. The molecule has 0 radical (unpaired) electrons. The number of methoxy groups -OCH3 is 1. The van der Waals surface area contributed by atoms with E-state index in [2.05, 4.69) is 30.2 Å². The monoisotopic (exact) mass is 395 g/mol. The second-order valence-electron chi connectivity index (χ2n) is 10.5. The lowest BCUT2D eigenvalue weighted by Crippen LogP contribution is -2.82. The molecule has 29 heavy (non-hydrogen) atoms. The van der Waals surface area contributed by atoms with Gasteiger partial charge in [0.2, 0.25) is 0 Å². The van der Waals surface area contributed by atoms with Crippen LogP contribution in [0, 0.1) is 10.8 Å². The molecule has 3 spiro atoms. The zero-order valence-electron chi connectivity index (χ0n) is 17.1. The van der Waals surface area contributed by atoms with Crippen molar-refractivity contribution in [1.82, 2.24) is 4.90 Å². The first-order valence-electron chi connectivity index (χ1n) is 11.1. The number of ether oxygens (including phenoxy) is 2. The first kappa shape index (κ1) is 17.2. The highest BCUT2D eigenvalue weighted by atomic mass is 16.6. The second kappa shape index (κ2) is 4.84. The van der Waals surface area contributed by atoms with E-state index in [1.807, 2.05) is 0 Å². The maximum atomic E-state index is 11.3. The van der Waals surface area contributed by atoms with E-state index in [-0.39, 0.29) is 34.2 Å². The van der Waals surface area contributed by atoms with Crippen LogP contribution in [0.2, 0.25) is 0 Å². The molecule has 8 rings (SSSR count). The molecule has 1 saturated heterocycles. The van der Waals surface area contributed by atoms with E-state index >= 15 is 0 Å². The summed E-state index contributed by atoms with van der Waals surface area (Å²) in [6, 6.07) is 4.28. The van der Waals surface area contributed by atoms with Crippen LogP contribution in [0.1, 0.15) is 43.2 Å². The molecule has 154 valence electrons. The number of nitrogens with zero attached hydrogens (tertiary/aromatic N) is 1. The predicted octanol–water partition coefficient (Wildman–Crippen LogP) is 2.53. The second-order valence-corrected chi connectivity index (χ2v) is 10.5. The Balaban J connectivity index is 1.60. The van der Waals surface area contributed by atoms with Gasteiger partial charge in [-0.25, -0.2) is 0 Å². The number of benzene rings is 1. The zero-order chi connectivity index (χ0) is 19.8. The van der Waals surface area contributed by atoms with Crippen molar-refractivity contribution in [2.45, 2.75) is 67.8 Å². The van der Waals surface area contributed by atoms with Gasteiger partial charge in [-0.1, -0.05) is 24.6 Å². The molecular weight excluding hydrogens is 366 g/mol. The molecule has 2 aliphatic heterocycles. The average molecular weight is 395 g/mol. The molecule has 3 fully saturated rings. The van der Waals surface area contributed by atoms with E-state index in [9.17, 15) is 10.2 Å². The lowest BCUT2D eigenvalue weighted by molar-refractivity contribution is -0.266. The third kappa shape index (κ3) is 1.45. The summed E-state index contributed by atoms with van der Waals surface area (Å²) in [7, 11) is 4.04. The number of likely N-dealkylation sites (tertiary alicyclic amines) is 1. The smallest absolute Gasteiger partial charge is 0.165 e. The SMILES string of the molecule is CO[C@]12C=C[C@@]3(CC14CCC[C@@H]4O)[C@H]1Cc4ccc(O)c5c4[C@@]3(CCN1C)[C@H]2O5. The quantitative estimate of drug-likeness (QED) is 0.716. The number of aromatic hydroxyl groups is 1. The molecule has 2 N–H and O–H groups in total. The lowest BCUT2D eigenvalue weighted by atomic mass is 9.33. The van der Waals surface area contributed by atoms with Crippen LogP contribution < -0.4 is 4.74 Å². The number of likely N-dealkylation sites (N-methyl/N-ethyl adjacent to an activating group) is 1. The van der Waals surface area contributed by atoms with Gasteiger partial charge in [0.15, 0.2) is 11.5 Å². The molecule has 0 aromatic heterocycles. The highest BCUT2D eigenvalue weighted by Gasteiger charge is 2.83. The van der Waals surface area contributed by atoms with Crippen molar-refractivity contribution in [2.75, 3.05) is 20.7 Å². The van der Waals surface area contributed by atoms with Crippen molar-refractivity contribution in [3.8, 4) is 11.5 Å². The Morgan fingerprint density at radius 2 is 2.10 bits per heavy atom. The first-order valence-corrected chi connectivity index (χ1v) is 11.1. The fourth-order valence-electron chi connectivity index (χ4n) is 9.04. The number of piperidine rings is 1. The summed E-state index contributed by atoms with van der Waals surface area (Å²) >= 11 is 0. The molecule has 0 amide bonds. The summed E-state index contributed by atoms with van der Waals surface area (Å²) in [4.78, 5) is 2.53. The highest BCUT2D eigenvalue weighted by molar-refractivity contribution is 5.65. The number of hydrogen-bond acceptors (Lipinski definition) is 5. The van der Waals surface area contributed by atoms with Crippen LogP contribution in [-0.2, 0) is 16.6 Å². The van der Waals surface area contributed by atoms with Gasteiger partial charge in [0.1, 0.15) is 11.7 Å². The maximum Gasteiger partial charge on any atom is 0.165 e. The Hall–Kier alpha value is -1.56. The van der Waals surface area contributed by atoms with Crippen molar-refractivity contribution in [3.05, 3.63) is 35.4 Å². The van der Waals surface area contributed by atoms with Gasteiger partial charge in [-0.15, -0.1) is 0 Å². The Bertz CT molecular complexity index is 976. The molecule has 7 aliphatic rings. The molecule has 2 heterocycles. The Kier molecular flexibility index (Phi) is 2.86. The molecule has 1 aromatic rings. The number of hydrogen-bond donors (Lipinski definition) is 2. The average Bonchev–Trinajstić information content (AvgIpc) is 3.26. The molecule has 1 unspecified atom stereocenters. The number of aliphatic hydroxyl groups is 1. The van der Waals surface area contributed by atoms with Gasteiger partial charge in [-0.05, 0) is 57.3 Å². The van der Waals surface area contributed by atoms with Gasteiger partial charge in [0, 0.05) is 29.5 Å². The van der Waals surface area contributed by atoms with Crippen molar-refractivity contribution in [1.29, 1.82) is 0 Å². The molecule has 5 aliphatic carbocycles. The van der Waals surface area contributed by atoms with Gasteiger partial charge in [-0.3, -0.25) is 0 Å². The van der Waals surface area contributed by atoms with Gasteiger partial charge >= 0.3 is 0 Å². The van der Waals surface area contributed by atoms with Crippen LogP contribution in [0.4, 0.5) is 0 Å². The number of phenols is 1. The summed E-state index contributed by atoms with van der Waals surface area (Å²) in [6.45, 7) is 1.02. The first-order chi connectivity index (χ1) is 14.0. The lowest BCUT2D eigenvalue weighted by Gasteiger charge is -2.74. The Morgan fingerprint density at radius 3 is 2.86 bits per heavy atom. The van der Waals surface area contributed by atoms with Gasteiger partial charge < -0.3 is 24.6 Å². The molecule has 4 bridgehead atoms. The van der Waals surface area contributed by atoms with E-state index < -0.39 is 5.60 Å². The molecule has 1 aromatic carbocycles. The van der Waals surface area contributed by atoms with Crippen LogP contribution in [0.25, 0.3) is 0 Å².